The molecule has 0 aromatic heterocycles. The van der Waals surface area contributed by atoms with Crippen molar-refractivity contribution >= 4 is 21.2 Å². The van der Waals surface area contributed by atoms with Crippen LogP contribution in [0.15, 0.2) is 127 Å². The molecule has 244 valence electrons. The maximum atomic E-state index is 15.7. The van der Waals surface area contributed by atoms with Gasteiger partial charge in [-0.1, -0.05) is 66.7 Å². The second kappa shape index (κ2) is 14.9. The van der Waals surface area contributed by atoms with Crippen LogP contribution in [0.1, 0.15) is 0 Å². The van der Waals surface area contributed by atoms with Crippen molar-refractivity contribution in [3.63, 3.8) is 0 Å². The van der Waals surface area contributed by atoms with E-state index in [0.29, 0.717) is 0 Å². The van der Waals surface area contributed by atoms with Crippen molar-refractivity contribution < 1.29 is 46.2 Å². The zero-order valence-corrected chi connectivity index (χ0v) is 27.8. The summed E-state index contributed by atoms with van der Waals surface area (Å²) in [5.41, 5.74) is 0.105. The van der Waals surface area contributed by atoms with Gasteiger partial charge in [-0.05, 0) is 60.7 Å². The first kappa shape index (κ1) is 33.1. The summed E-state index contributed by atoms with van der Waals surface area (Å²) in [6.07, 6.45) is 0. The van der Waals surface area contributed by atoms with E-state index in [0.717, 1.165) is 4.44 Å². The van der Waals surface area contributed by atoms with Crippen molar-refractivity contribution in [2.45, 2.75) is 0 Å². The van der Waals surface area contributed by atoms with E-state index < -0.39 is 15.5 Å². The van der Waals surface area contributed by atoms with Crippen LogP contribution in [0.3, 0.4) is 0 Å². The summed E-state index contributed by atoms with van der Waals surface area (Å²) >= 11 is 0. The van der Waals surface area contributed by atoms with Crippen molar-refractivity contribution in [3.8, 4) is 46.0 Å². The number of ether oxygens (including phenoxy) is 4. The van der Waals surface area contributed by atoms with E-state index in [-0.39, 0.29) is 51.7 Å². The predicted octanol–water partition coefficient (Wildman–Crippen LogP) is 9.06. The lowest BCUT2D eigenvalue weighted by Crippen LogP contribution is -2.28. The quantitative estimate of drug-likeness (QED) is 0.0990. The van der Waals surface area contributed by atoms with Crippen molar-refractivity contribution in [2.75, 3.05) is 32.9 Å². The highest BCUT2D eigenvalue weighted by Crippen LogP contribution is 2.70. The summed E-state index contributed by atoms with van der Waals surface area (Å²) in [6, 6.07) is 34.3. The van der Waals surface area contributed by atoms with Gasteiger partial charge in [0.15, 0.2) is 46.0 Å². The largest absolute Gasteiger partial charge is 0.555 e. The highest BCUT2D eigenvalue weighted by Gasteiger charge is 2.55. The molecule has 47 heavy (non-hydrogen) atoms. The second-order valence-corrected chi connectivity index (χ2v) is 13.3. The minimum Gasteiger partial charge on any atom is -0.493 e. The summed E-state index contributed by atoms with van der Waals surface area (Å²) in [7, 11) is -4.14. The van der Waals surface area contributed by atoms with Gasteiger partial charge in [-0.2, -0.15) is 0 Å². The standard InChI is InChI=1S/C34H33NO10P2/c1-38-27-18-8-12-22-31(27)42-46(36,43-32-23-13-9-19-28(32)39-2)35(26-16-6-5-7-17-26)47(37,44-33-24-14-10-20-29(33)40-3)45-34-25-15-11-21-30(34)41-4/h5-25H,1-4H3. The lowest BCUT2D eigenvalue weighted by Gasteiger charge is -2.35. The van der Waals surface area contributed by atoms with Gasteiger partial charge in [0.1, 0.15) is 0 Å². The highest BCUT2D eigenvalue weighted by molar-refractivity contribution is 7.75. The van der Waals surface area contributed by atoms with Crippen LogP contribution in [-0.4, -0.2) is 28.4 Å². The van der Waals surface area contributed by atoms with E-state index >= 15 is 9.13 Å². The van der Waals surface area contributed by atoms with Crippen LogP contribution < -0.4 is 41.5 Å². The molecule has 0 aliphatic carbocycles. The number of anilines is 1. The number of hydrogen-bond acceptors (Lipinski definition) is 10. The number of benzene rings is 5. The molecule has 0 saturated carbocycles. The van der Waals surface area contributed by atoms with Gasteiger partial charge in [-0.3, -0.25) is 0 Å². The fourth-order valence-corrected chi connectivity index (χ4v) is 8.77. The van der Waals surface area contributed by atoms with Gasteiger partial charge in [0, 0.05) is 0 Å². The van der Waals surface area contributed by atoms with Crippen molar-refractivity contribution in [3.05, 3.63) is 127 Å². The van der Waals surface area contributed by atoms with Gasteiger partial charge in [0.2, 0.25) is 0 Å². The van der Waals surface area contributed by atoms with Gasteiger partial charge >= 0.3 is 15.5 Å². The molecule has 0 aliphatic rings. The maximum Gasteiger partial charge on any atom is 0.555 e. The van der Waals surface area contributed by atoms with E-state index in [9.17, 15) is 0 Å². The van der Waals surface area contributed by atoms with Crippen LogP contribution in [0.2, 0.25) is 0 Å². The molecule has 0 unspecified atom stereocenters. The molecule has 0 radical (unpaired) electrons. The van der Waals surface area contributed by atoms with Crippen LogP contribution in [0.25, 0.3) is 0 Å². The SMILES string of the molecule is COc1ccccc1OP(=O)(Oc1ccccc1OC)N(c1ccccc1)P(=O)(Oc1ccccc1OC)Oc1ccccc1OC. The van der Waals surface area contributed by atoms with Gasteiger partial charge in [0.25, 0.3) is 0 Å². The minimum absolute atomic E-state index is 0.0234. The molecular weight excluding hydrogens is 644 g/mol. The van der Waals surface area contributed by atoms with Gasteiger partial charge < -0.3 is 37.0 Å². The Morgan fingerprint density at radius 2 is 0.596 bits per heavy atom. The van der Waals surface area contributed by atoms with Crippen LogP contribution in [-0.2, 0) is 9.13 Å². The fourth-order valence-electron chi connectivity index (χ4n) is 4.44. The Bertz CT molecular complexity index is 1660. The van der Waals surface area contributed by atoms with Gasteiger partial charge in [-0.25, -0.2) is 9.13 Å². The minimum atomic E-state index is -4.94. The van der Waals surface area contributed by atoms with E-state index in [1.54, 1.807) is 103 Å². The molecule has 0 spiro atoms. The molecule has 5 rings (SSSR count). The molecular formula is C34H33NO10P2. The molecule has 0 bridgehead atoms. The van der Waals surface area contributed by atoms with E-state index in [2.05, 4.69) is 0 Å². The molecule has 0 atom stereocenters. The smallest absolute Gasteiger partial charge is 0.493 e. The third-order valence-electron chi connectivity index (χ3n) is 6.58. The number of methoxy groups -OCH3 is 4. The number of para-hydroxylation sites is 9. The first-order chi connectivity index (χ1) is 22.8. The van der Waals surface area contributed by atoms with Gasteiger partial charge in [-0.15, -0.1) is 4.44 Å². The maximum absolute atomic E-state index is 15.7. The zero-order chi connectivity index (χ0) is 33.3. The molecule has 13 heteroatoms. The Labute approximate surface area is 273 Å². The van der Waals surface area contributed by atoms with Gasteiger partial charge in [0.05, 0.1) is 34.1 Å². The zero-order valence-electron chi connectivity index (χ0n) is 26.0. The van der Waals surface area contributed by atoms with E-state index in [1.807, 2.05) is 0 Å². The van der Waals surface area contributed by atoms with Crippen molar-refractivity contribution in [1.82, 2.24) is 0 Å². The molecule has 5 aromatic carbocycles. The molecule has 0 amide bonds. The van der Waals surface area contributed by atoms with Crippen molar-refractivity contribution in [1.29, 1.82) is 0 Å². The van der Waals surface area contributed by atoms with Crippen LogP contribution in [0.4, 0.5) is 5.69 Å². The molecule has 11 nitrogen and oxygen atoms in total. The Balaban J connectivity index is 1.80. The Kier molecular flexibility index (Phi) is 10.5. The summed E-state index contributed by atoms with van der Waals surface area (Å²) in [5, 5.41) is 0. The molecule has 0 fully saturated rings. The molecule has 5 aromatic rings. The first-order valence-electron chi connectivity index (χ1n) is 14.2. The topological polar surface area (TPSA) is 111 Å². The molecule has 0 aliphatic heterocycles. The third kappa shape index (κ3) is 7.43. The molecule has 0 saturated heterocycles. The Morgan fingerprint density at radius 3 is 0.851 bits per heavy atom. The van der Waals surface area contributed by atoms with Crippen LogP contribution in [0, 0.1) is 0 Å². The van der Waals surface area contributed by atoms with Crippen LogP contribution in [0.5, 0.6) is 46.0 Å². The van der Waals surface area contributed by atoms with Crippen molar-refractivity contribution in [2.24, 2.45) is 0 Å². The average molecular weight is 678 g/mol. The monoisotopic (exact) mass is 677 g/mol. The first-order valence-corrected chi connectivity index (χ1v) is 17.2. The normalized spacial score (nSPS) is 11.1. The van der Waals surface area contributed by atoms with E-state index in [4.69, 9.17) is 37.0 Å². The lowest BCUT2D eigenvalue weighted by atomic mass is 10.3. The third-order valence-corrected chi connectivity index (χ3v) is 11.0. The Hall–Kier alpha value is -5.24. The lowest BCUT2D eigenvalue weighted by molar-refractivity contribution is 0.332. The number of hydrogen-bond donors (Lipinski definition) is 0. The summed E-state index contributed by atoms with van der Waals surface area (Å²) < 4.78 is 79.3. The number of nitrogens with zero attached hydrogens (tertiary/aromatic N) is 1. The summed E-state index contributed by atoms with van der Waals surface area (Å²) in [5.74, 6) is 1.02. The van der Waals surface area contributed by atoms with E-state index in [1.165, 1.54) is 52.7 Å². The second-order valence-electron chi connectivity index (χ2n) is 9.53. The Morgan fingerprint density at radius 1 is 0.362 bits per heavy atom. The number of rotatable bonds is 15. The summed E-state index contributed by atoms with van der Waals surface area (Å²) in [4.78, 5) is 0. The molecule has 0 heterocycles. The predicted molar refractivity (Wildman–Crippen MR) is 179 cm³/mol. The average Bonchev–Trinajstić information content (AvgIpc) is 3.09. The fraction of sp³-hybridized carbons (Fsp3) is 0.118. The molecule has 0 N–H and O–H groups in total. The highest BCUT2D eigenvalue weighted by atomic mass is 31.3. The van der Waals surface area contributed by atoms with Crippen LogP contribution >= 0.6 is 15.5 Å². The summed E-state index contributed by atoms with van der Waals surface area (Å²) in [6.45, 7) is 0.